The predicted molar refractivity (Wildman–Crippen MR) is 121 cm³/mol. The average molecular weight is 452 g/mol. The number of aromatic hydroxyl groups is 1. The van der Waals surface area contributed by atoms with E-state index in [0.717, 1.165) is 37.2 Å². The van der Waals surface area contributed by atoms with Crippen LogP contribution in [-0.2, 0) is 17.6 Å². The number of benzene rings is 2. The van der Waals surface area contributed by atoms with Crippen LogP contribution in [0, 0.1) is 10.1 Å². The maximum absolute atomic E-state index is 12.7. The number of Topliss-reactive ketones (excluding diaryl/α,β-unsaturated/α-hetero) is 1. The van der Waals surface area contributed by atoms with Crippen molar-refractivity contribution in [3.63, 3.8) is 0 Å². The van der Waals surface area contributed by atoms with Crippen molar-refractivity contribution in [2.45, 2.75) is 37.4 Å². The molecule has 2 N–H and O–H groups in total. The topological polar surface area (TPSA) is 134 Å². The summed E-state index contributed by atoms with van der Waals surface area (Å²) in [4.78, 5) is 35.2. The summed E-state index contributed by atoms with van der Waals surface area (Å²) in [6.45, 7) is 0. The van der Waals surface area contributed by atoms with Crippen LogP contribution in [0.5, 0.6) is 5.75 Å². The molecule has 0 aromatic heterocycles. The van der Waals surface area contributed by atoms with Crippen LogP contribution in [0.1, 0.15) is 46.3 Å². The van der Waals surface area contributed by atoms with Gasteiger partial charge >= 0.3 is 0 Å². The van der Waals surface area contributed by atoms with Crippen LogP contribution in [0.3, 0.4) is 0 Å². The first-order chi connectivity index (χ1) is 15.4. The number of amides is 1. The lowest BCUT2D eigenvalue weighted by Crippen LogP contribution is -2.26. The Morgan fingerprint density at radius 2 is 2.00 bits per heavy atom. The van der Waals surface area contributed by atoms with Gasteiger partial charge in [-0.3, -0.25) is 19.7 Å². The van der Waals surface area contributed by atoms with Crippen molar-refractivity contribution in [1.29, 1.82) is 0 Å². The number of nitro groups is 1. The van der Waals surface area contributed by atoms with E-state index < -0.39 is 10.2 Å². The second-order valence-electron chi connectivity index (χ2n) is 7.56. The van der Waals surface area contributed by atoms with Gasteiger partial charge < -0.3 is 10.4 Å². The van der Waals surface area contributed by atoms with E-state index in [1.54, 1.807) is 0 Å². The molecule has 2 aromatic carbocycles. The maximum Gasteiger partial charge on any atom is 0.270 e. The molecule has 1 amide bonds. The van der Waals surface area contributed by atoms with Crippen LogP contribution >= 0.6 is 11.8 Å². The number of nitrogens with one attached hydrogen (secondary N) is 1. The van der Waals surface area contributed by atoms with Gasteiger partial charge in [0.25, 0.3) is 5.69 Å². The summed E-state index contributed by atoms with van der Waals surface area (Å²) in [6, 6.07) is 9.32. The standard InChI is InChI=1S/C22H20N4O5S/c27-18-8-7-17(26(30)31)10-16(18)12-23-25-22-24-21(29)20(32-22)11-19(28)15-6-5-13-3-1-2-4-14(13)9-15/h5-10,12,20,27H,1-4,11H2,(H,24,25,29)/b23-12+. The van der Waals surface area contributed by atoms with Gasteiger partial charge in [-0.2, -0.15) is 5.10 Å². The second kappa shape index (κ2) is 9.31. The summed E-state index contributed by atoms with van der Waals surface area (Å²) in [5.74, 6) is -0.609. The van der Waals surface area contributed by atoms with E-state index in [9.17, 15) is 24.8 Å². The summed E-state index contributed by atoms with van der Waals surface area (Å²) in [7, 11) is 0. The Kier molecular flexibility index (Phi) is 6.31. The molecular formula is C22H20N4O5S. The molecule has 1 atom stereocenters. The molecule has 1 fully saturated rings. The first-order valence-corrected chi connectivity index (χ1v) is 11.0. The fourth-order valence-corrected chi connectivity index (χ4v) is 4.61. The molecule has 1 heterocycles. The molecule has 1 saturated heterocycles. The minimum Gasteiger partial charge on any atom is -0.507 e. The number of hydrogen-bond acceptors (Lipinski definition) is 8. The minimum absolute atomic E-state index is 0.0453. The predicted octanol–water partition coefficient (Wildman–Crippen LogP) is 3.37. The van der Waals surface area contributed by atoms with Crippen molar-refractivity contribution in [2.24, 2.45) is 10.2 Å². The number of thioether (sulfide) groups is 1. The number of nitro benzene ring substituents is 1. The molecular weight excluding hydrogens is 432 g/mol. The van der Waals surface area contributed by atoms with Crippen LogP contribution in [-0.4, -0.2) is 38.4 Å². The van der Waals surface area contributed by atoms with Crippen LogP contribution in [0.15, 0.2) is 46.6 Å². The first kappa shape index (κ1) is 21.7. The van der Waals surface area contributed by atoms with E-state index in [0.29, 0.717) is 5.56 Å². The van der Waals surface area contributed by atoms with Crippen molar-refractivity contribution >= 4 is 40.5 Å². The van der Waals surface area contributed by atoms with Crippen molar-refractivity contribution in [3.8, 4) is 5.75 Å². The van der Waals surface area contributed by atoms with E-state index in [2.05, 4.69) is 15.5 Å². The van der Waals surface area contributed by atoms with E-state index in [4.69, 9.17) is 0 Å². The average Bonchev–Trinajstić information content (AvgIpc) is 3.13. The molecule has 10 heteroatoms. The first-order valence-electron chi connectivity index (χ1n) is 10.1. The zero-order valence-corrected chi connectivity index (χ0v) is 17.8. The zero-order valence-electron chi connectivity index (χ0n) is 17.0. The van der Waals surface area contributed by atoms with E-state index >= 15 is 0 Å². The lowest BCUT2D eigenvalue weighted by atomic mass is 9.89. The van der Waals surface area contributed by atoms with Gasteiger partial charge in [0.1, 0.15) is 5.75 Å². The fourth-order valence-electron chi connectivity index (χ4n) is 3.68. The molecule has 164 valence electrons. The van der Waals surface area contributed by atoms with Crippen molar-refractivity contribution in [2.75, 3.05) is 0 Å². The van der Waals surface area contributed by atoms with Gasteiger partial charge in [-0.25, -0.2) is 0 Å². The normalized spacial score (nSPS) is 19.2. The lowest BCUT2D eigenvalue weighted by molar-refractivity contribution is -0.384. The summed E-state index contributed by atoms with van der Waals surface area (Å²) in [6.07, 6.45) is 5.52. The molecule has 0 bridgehead atoms. The maximum atomic E-state index is 12.7. The van der Waals surface area contributed by atoms with Gasteiger partial charge in [0, 0.05) is 29.7 Å². The number of non-ortho nitro benzene ring substituents is 1. The third-order valence-corrected chi connectivity index (χ3v) is 6.46. The van der Waals surface area contributed by atoms with Crippen molar-refractivity contribution in [3.05, 3.63) is 68.8 Å². The van der Waals surface area contributed by atoms with Gasteiger partial charge in [-0.15, -0.1) is 5.10 Å². The van der Waals surface area contributed by atoms with Gasteiger partial charge in [0.15, 0.2) is 11.0 Å². The molecule has 0 saturated carbocycles. The second-order valence-corrected chi connectivity index (χ2v) is 8.76. The number of ketones is 1. The Bertz CT molecular complexity index is 1160. The highest BCUT2D eigenvalue weighted by atomic mass is 32.2. The Hall–Kier alpha value is -3.53. The number of fused-ring (bicyclic) bond motifs is 1. The van der Waals surface area contributed by atoms with Crippen LogP contribution in [0.4, 0.5) is 5.69 Å². The third kappa shape index (κ3) is 4.86. The molecule has 4 rings (SSSR count). The van der Waals surface area contributed by atoms with Crippen LogP contribution in [0.25, 0.3) is 0 Å². The van der Waals surface area contributed by atoms with E-state index in [-0.39, 0.29) is 40.3 Å². The molecule has 2 aromatic rings. The highest BCUT2D eigenvalue weighted by Gasteiger charge is 2.32. The Labute approximate surface area is 187 Å². The van der Waals surface area contributed by atoms with E-state index in [1.165, 1.54) is 35.7 Å². The molecule has 0 spiro atoms. The highest BCUT2D eigenvalue weighted by molar-refractivity contribution is 8.15. The Morgan fingerprint density at radius 1 is 1.22 bits per heavy atom. The van der Waals surface area contributed by atoms with Gasteiger partial charge in [-0.1, -0.05) is 23.9 Å². The molecule has 1 aliphatic carbocycles. The summed E-state index contributed by atoms with van der Waals surface area (Å²) < 4.78 is 0. The number of phenols is 1. The fraction of sp³-hybridized carbons (Fsp3) is 0.273. The molecule has 1 unspecified atom stereocenters. The summed E-state index contributed by atoms with van der Waals surface area (Å²) >= 11 is 1.10. The Morgan fingerprint density at radius 3 is 2.78 bits per heavy atom. The summed E-state index contributed by atoms with van der Waals surface area (Å²) in [5.41, 5.74) is 3.05. The van der Waals surface area contributed by atoms with E-state index in [1.807, 2.05) is 18.2 Å². The zero-order chi connectivity index (χ0) is 22.7. The lowest BCUT2D eigenvalue weighted by Gasteiger charge is -2.16. The van der Waals surface area contributed by atoms with Gasteiger partial charge in [0.05, 0.1) is 16.4 Å². The molecule has 32 heavy (non-hydrogen) atoms. The van der Waals surface area contributed by atoms with Crippen molar-refractivity contribution in [1.82, 2.24) is 5.32 Å². The molecule has 1 aliphatic heterocycles. The number of hydrogen-bond donors (Lipinski definition) is 2. The largest absolute Gasteiger partial charge is 0.507 e. The quantitative estimate of drug-likeness (QED) is 0.299. The molecule has 9 nitrogen and oxygen atoms in total. The number of carbonyl (C=O) groups is 2. The molecule has 0 radical (unpaired) electrons. The monoisotopic (exact) mass is 452 g/mol. The van der Waals surface area contributed by atoms with Crippen molar-refractivity contribution < 1.29 is 19.6 Å². The van der Waals surface area contributed by atoms with Crippen LogP contribution < -0.4 is 5.32 Å². The molecule has 2 aliphatic rings. The number of carbonyl (C=O) groups excluding carboxylic acids is 2. The third-order valence-electron chi connectivity index (χ3n) is 5.39. The van der Waals surface area contributed by atoms with Gasteiger partial charge in [0.2, 0.25) is 5.91 Å². The SMILES string of the molecule is O=C(CC1S/C(=N/N=C/c2cc([N+](=O)[O-])ccc2O)NC1=O)c1ccc2c(c1)CCCC2. The van der Waals surface area contributed by atoms with Crippen LogP contribution in [0.2, 0.25) is 0 Å². The Balaban J connectivity index is 1.40. The smallest absolute Gasteiger partial charge is 0.270 e. The summed E-state index contributed by atoms with van der Waals surface area (Å²) in [5, 5.41) is 30.5. The number of rotatable bonds is 6. The number of phenolic OH excluding ortho intramolecular Hbond substituents is 1. The number of aryl methyl sites for hydroxylation is 2. The highest BCUT2D eigenvalue weighted by Crippen LogP contribution is 2.27. The number of nitrogens with zero attached hydrogens (tertiary/aromatic N) is 3. The minimum atomic E-state index is -0.612. The van der Waals surface area contributed by atoms with Gasteiger partial charge in [-0.05, 0) is 48.9 Å². The number of amidine groups is 1.